The second-order valence-electron chi connectivity index (χ2n) is 12.0. The van der Waals surface area contributed by atoms with Crippen LogP contribution in [0.4, 0.5) is 5.69 Å². The van der Waals surface area contributed by atoms with E-state index in [-0.39, 0.29) is 57.1 Å². The molecular formula is C34H38ClN3O9S. The highest BCUT2D eigenvalue weighted by atomic mass is 35.5. The van der Waals surface area contributed by atoms with Gasteiger partial charge in [-0.25, -0.2) is 12.7 Å². The highest BCUT2D eigenvalue weighted by molar-refractivity contribution is 7.93. The van der Waals surface area contributed by atoms with Crippen molar-refractivity contribution in [1.82, 2.24) is 9.80 Å². The topological polar surface area (TPSA) is 132 Å². The first-order valence-corrected chi connectivity index (χ1v) is 17.0. The summed E-state index contributed by atoms with van der Waals surface area (Å²) in [5.74, 6) is -1.64. The van der Waals surface area contributed by atoms with Gasteiger partial charge in [-0.2, -0.15) is 0 Å². The molecule has 2 aliphatic rings. The van der Waals surface area contributed by atoms with Crippen molar-refractivity contribution in [3.05, 3.63) is 76.8 Å². The van der Waals surface area contributed by atoms with Crippen LogP contribution in [-0.2, 0) is 34.7 Å². The fourth-order valence-corrected chi connectivity index (χ4v) is 8.17. The van der Waals surface area contributed by atoms with E-state index in [0.717, 1.165) is 4.31 Å². The van der Waals surface area contributed by atoms with Gasteiger partial charge in [0.1, 0.15) is 28.2 Å². The van der Waals surface area contributed by atoms with Crippen molar-refractivity contribution >= 4 is 45.1 Å². The van der Waals surface area contributed by atoms with Gasteiger partial charge in [-0.1, -0.05) is 43.6 Å². The van der Waals surface area contributed by atoms with E-state index in [9.17, 15) is 18.0 Å². The van der Waals surface area contributed by atoms with E-state index in [1.807, 2.05) is 0 Å². The van der Waals surface area contributed by atoms with Crippen LogP contribution >= 0.6 is 11.6 Å². The van der Waals surface area contributed by atoms with Crippen molar-refractivity contribution in [2.75, 3.05) is 46.3 Å². The van der Waals surface area contributed by atoms with Crippen LogP contribution in [-0.4, -0.2) is 90.1 Å². The molecule has 48 heavy (non-hydrogen) atoms. The minimum atomic E-state index is -4.70. The maximum atomic E-state index is 15.5. The Labute approximate surface area is 285 Å². The van der Waals surface area contributed by atoms with Crippen LogP contribution in [0.15, 0.2) is 65.6 Å². The summed E-state index contributed by atoms with van der Waals surface area (Å²) in [6, 6.07) is 14.3. The number of rotatable bonds is 10. The van der Waals surface area contributed by atoms with Crippen molar-refractivity contribution in [3.8, 4) is 17.2 Å². The Morgan fingerprint density at radius 1 is 0.938 bits per heavy atom. The summed E-state index contributed by atoms with van der Waals surface area (Å²) < 4.78 is 52.5. The van der Waals surface area contributed by atoms with Gasteiger partial charge < -0.3 is 23.8 Å². The molecule has 2 unspecified atom stereocenters. The molecule has 2 amide bonds. The third-order valence-electron chi connectivity index (χ3n) is 8.62. The van der Waals surface area contributed by atoms with E-state index >= 15 is 4.79 Å². The Kier molecular flexibility index (Phi) is 9.69. The normalized spacial score (nSPS) is 20.9. The maximum absolute atomic E-state index is 15.5. The molecule has 1 fully saturated rings. The molecule has 2 aliphatic heterocycles. The summed E-state index contributed by atoms with van der Waals surface area (Å²) in [6.07, 6.45) is -0.752. The minimum Gasteiger partial charge on any atom is -0.497 e. The second-order valence-corrected chi connectivity index (χ2v) is 14.2. The minimum absolute atomic E-state index is 0.0202. The molecule has 0 aromatic heterocycles. The first-order valence-electron chi connectivity index (χ1n) is 15.2. The lowest BCUT2D eigenvalue weighted by atomic mass is 9.80. The number of carbonyl (C=O) groups is 3. The molecular weight excluding hydrogens is 662 g/mol. The van der Waals surface area contributed by atoms with Gasteiger partial charge in [-0.15, -0.1) is 0 Å². The monoisotopic (exact) mass is 699 g/mol. The molecule has 256 valence electrons. The number of hydrogen-bond donors (Lipinski definition) is 0. The third-order valence-corrected chi connectivity index (χ3v) is 10.6. The van der Waals surface area contributed by atoms with Crippen LogP contribution in [0, 0.1) is 5.92 Å². The predicted molar refractivity (Wildman–Crippen MR) is 178 cm³/mol. The fraction of sp³-hybridized carbons (Fsp3) is 0.382. The van der Waals surface area contributed by atoms with E-state index in [1.165, 1.54) is 62.6 Å². The molecule has 5 rings (SSSR count). The number of carbonyl (C=O) groups excluding carboxylic acids is 3. The number of benzene rings is 3. The second kappa shape index (κ2) is 13.3. The maximum Gasteiger partial charge on any atom is 0.308 e. The number of ether oxygens (including phenoxy) is 4. The van der Waals surface area contributed by atoms with Crippen LogP contribution in [0.3, 0.4) is 0 Å². The largest absolute Gasteiger partial charge is 0.497 e. The first kappa shape index (κ1) is 35.0. The molecule has 0 radical (unpaired) electrons. The number of esters is 1. The molecule has 2 heterocycles. The summed E-state index contributed by atoms with van der Waals surface area (Å²) >= 11 is 6.60. The fourth-order valence-electron chi connectivity index (χ4n) is 6.39. The Bertz CT molecular complexity index is 1870. The van der Waals surface area contributed by atoms with E-state index in [0.29, 0.717) is 5.75 Å². The molecule has 0 spiro atoms. The lowest BCUT2D eigenvalue weighted by molar-refractivity contribution is -0.152. The lowest BCUT2D eigenvalue weighted by Gasteiger charge is -2.42. The van der Waals surface area contributed by atoms with E-state index < -0.39 is 45.5 Å². The van der Waals surface area contributed by atoms with Crippen LogP contribution in [0.5, 0.6) is 17.2 Å². The Hall–Kier alpha value is -4.33. The zero-order valence-electron chi connectivity index (χ0n) is 27.7. The molecule has 0 bridgehead atoms. The zero-order chi connectivity index (χ0) is 35.1. The van der Waals surface area contributed by atoms with Crippen LogP contribution in [0.2, 0.25) is 5.02 Å². The van der Waals surface area contributed by atoms with E-state index in [1.54, 1.807) is 57.1 Å². The Balaban J connectivity index is 1.84. The number of fused-ring (bicyclic) bond motifs is 1. The number of hydrogen-bond acceptors (Lipinski definition) is 10. The van der Waals surface area contributed by atoms with Gasteiger partial charge in [-0.3, -0.25) is 19.3 Å². The van der Waals surface area contributed by atoms with Crippen molar-refractivity contribution < 1.29 is 41.7 Å². The number of sulfonamides is 1. The Morgan fingerprint density at radius 2 is 1.62 bits per heavy atom. The lowest BCUT2D eigenvalue weighted by Crippen LogP contribution is -2.59. The van der Waals surface area contributed by atoms with Crippen molar-refractivity contribution in [2.45, 2.75) is 42.8 Å². The quantitative estimate of drug-likeness (QED) is 0.285. The van der Waals surface area contributed by atoms with Gasteiger partial charge in [0.15, 0.2) is 5.54 Å². The van der Waals surface area contributed by atoms with E-state index in [2.05, 4.69) is 0 Å². The standard InChI is InChI=1S/C34H38ClN3O9S/c1-20(2)32(40)47-23-17-27(31(39)36(3)4)37(19-23)34(24-10-8-9-11-28(24)45-6)25-16-21(35)12-14-26(25)38(33(34)41)48(42,43)30-15-13-22(44-5)18-29(30)46-7/h8-16,18,20,23,27H,17,19H2,1-7H3/t23?,27?,34-/m0/s1. The molecule has 14 heteroatoms. The van der Waals surface area contributed by atoms with Gasteiger partial charge in [0, 0.05) is 49.3 Å². The molecule has 3 aromatic rings. The average Bonchev–Trinajstić information content (AvgIpc) is 3.59. The van der Waals surface area contributed by atoms with Crippen molar-refractivity contribution in [3.63, 3.8) is 0 Å². The predicted octanol–water partition coefficient (Wildman–Crippen LogP) is 4.08. The van der Waals surface area contributed by atoms with Crippen LogP contribution in [0.1, 0.15) is 31.4 Å². The number of para-hydroxylation sites is 1. The smallest absolute Gasteiger partial charge is 0.308 e. The van der Waals surface area contributed by atoms with Crippen LogP contribution in [0.25, 0.3) is 0 Å². The van der Waals surface area contributed by atoms with Gasteiger partial charge in [0.2, 0.25) is 5.91 Å². The van der Waals surface area contributed by atoms with Crippen molar-refractivity contribution in [1.29, 1.82) is 0 Å². The summed E-state index contributed by atoms with van der Waals surface area (Å²) in [5.41, 5.74) is -1.50. The first-order chi connectivity index (χ1) is 22.7. The highest BCUT2D eigenvalue weighted by Crippen LogP contribution is 2.55. The molecule has 3 aromatic carbocycles. The molecule has 12 nitrogen and oxygen atoms in total. The SMILES string of the molecule is COc1ccc(S(=O)(=O)N2C(=O)[C@@](c3ccccc3OC)(N3CC(OC(=O)C(C)C)CC3C(=O)N(C)C)c3cc(Cl)ccc32)c(OC)c1. The number of anilines is 1. The molecule has 0 N–H and O–H groups in total. The third kappa shape index (κ3) is 5.63. The van der Waals surface area contributed by atoms with E-state index in [4.69, 9.17) is 30.5 Å². The summed E-state index contributed by atoms with van der Waals surface area (Å²) in [7, 11) is 2.64. The average molecular weight is 700 g/mol. The Morgan fingerprint density at radius 3 is 2.25 bits per heavy atom. The van der Waals surface area contributed by atoms with Gasteiger partial charge >= 0.3 is 5.97 Å². The summed E-state index contributed by atoms with van der Waals surface area (Å²) in [6.45, 7) is 3.31. The number of methoxy groups -OCH3 is 3. The molecule has 1 saturated heterocycles. The van der Waals surface area contributed by atoms with Gasteiger partial charge in [0.25, 0.3) is 15.9 Å². The van der Waals surface area contributed by atoms with Gasteiger partial charge in [-0.05, 0) is 36.4 Å². The summed E-state index contributed by atoms with van der Waals surface area (Å²) in [4.78, 5) is 44.9. The number of likely N-dealkylation sites (tertiary alicyclic amines) is 1. The van der Waals surface area contributed by atoms with Crippen molar-refractivity contribution in [2.24, 2.45) is 5.92 Å². The molecule has 0 aliphatic carbocycles. The van der Waals surface area contributed by atoms with Crippen LogP contribution < -0.4 is 18.5 Å². The molecule has 0 saturated carbocycles. The number of halogens is 1. The highest BCUT2D eigenvalue weighted by Gasteiger charge is 2.64. The number of amides is 2. The molecule has 3 atom stereocenters. The zero-order valence-corrected chi connectivity index (χ0v) is 29.3. The number of nitrogens with zero attached hydrogens (tertiary/aromatic N) is 3. The van der Waals surface area contributed by atoms with Gasteiger partial charge in [0.05, 0.1) is 39.0 Å². The summed E-state index contributed by atoms with van der Waals surface area (Å²) in [5, 5.41) is 0.222. The number of likely N-dealkylation sites (N-methyl/N-ethyl adjacent to an activating group) is 1.